The summed E-state index contributed by atoms with van der Waals surface area (Å²) in [4.78, 5) is 19.2. The zero-order chi connectivity index (χ0) is 14.8. The van der Waals surface area contributed by atoms with Gasteiger partial charge in [0.15, 0.2) is 0 Å². The van der Waals surface area contributed by atoms with Crippen molar-refractivity contribution in [3.8, 4) is 0 Å². The Morgan fingerprint density at radius 1 is 1.19 bits per heavy atom. The molecular weight excluding hydrogens is 264 g/mol. The van der Waals surface area contributed by atoms with Crippen LogP contribution in [0.2, 0.25) is 0 Å². The van der Waals surface area contributed by atoms with E-state index in [0.717, 1.165) is 37.4 Å². The van der Waals surface area contributed by atoms with Gasteiger partial charge >= 0.3 is 0 Å². The number of fused-ring (bicyclic) bond motifs is 3. The third-order valence-corrected chi connectivity index (χ3v) is 4.54. The van der Waals surface area contributed by atoms with Crippen LogP contribution in [-0.2, 0) is 0 Å². The van der Waals surface area contributed by atoms with Crippen molar-refractivity contribution in [2.75, 3.05) is 58.3 Å². The molecule has 114 valence electrons. The summed E-state index contributed by atoms with van der Waals surface area (Å²) in [6.45, 7) is 6.45. The van der Waals surface area contributed by atoms with Crippen LogP contribution < -0.4 is 10.2 Å². The van der Waals surface area contributed by atoms with Gasteiger partial charge in [-0.1, -0.05) is 0 Å². The summed E-state index contributed by atoms with van der Waals surface area (Å²) in [5.74, 6) is 0.0259. The van der Waals surface area contributed by atoms with E-state index in [-0.39, 0.29) is 5.91 Å². The quantitative estimate of drug-likeness (QED) is 0.875. The van der Waals surface area contributed by atoms with Crippen molar-refractivity contribution in [1.82, 2.24) is 15.1 Å². The highest BCUT2D eigenvalue weighted by molar-refractivity contribution is 5.94. The summed E-state index contributed by atoms with van der Waals surface area (Å²) < 4.78 is 0. The molecule has 3 aliphatic rings. The number of hydrogen-bond acceptors (Lipinski definition) is 4. The van der Waals surface area contributed by atoms with E-state index in [4.69, 9.17) is 0 Å². The molecule has 1 aromatic carbocycles. The number of benzene rings is 1. The van der Waals surface area contributed by atoms with Crippen LogP contribution in [-0.4, -0.2) is 75.1 Å². The van der Waals surface area contributed by atoms with Crippen molar-refractivity contribution in [1.29, 1.82) is 0 Å². The Morgan fingerprint density at radius 2 is 1.86 bits per heavy atom. The smallest absolute Gasteiger partial charge is 0.251 e. The summed E-state index contributed by atoms with van der Waals surface area (Å²) in [6.07, 6.45) is 0. The van der Waals surface area contributed by atoms with E-state index in [1.165, 1.54) is 13.1 Å². The fourth-order valence-corrected chi connectivity index (χ4v) is 3.14. The largest absolute Gasteiger partial charge is 0.378 e. The van der Waals surface area contributed by atoms with Gasteiger partial charge in [0.05, 0.1) is 0 Å². The maximum Gasteiger partial charge on any atom is 0.251 e. The zero-order valence-electron chi connectivity index (χ0n) is 12.9. The molecule has 0 aliphatic carbocycles. The van der Waals surface area contributed by atoms with E-state index in [2.05, 4.69) is 15.1 Å². The fourth-order valence-electron chi connectivity index (χ4n) is 3.14. The number of amides is 1. The van der Waals surface area contributed by atoms with E-state index in [1.54, 1.807) is 0 Å². The molecule has 3 saturated heterocycles. The van der Waals surface area contributed by atoms with Crippen molar-refractivity contribution < 1.29 is 4.79 Å². The minimum absolute atomic E-state index is 0.0259. The molecule has 0 saturated carbocycles. The summed E-state index contributed by atoms with van der Waals surface area (Å²) >= 11 is 0. The molecule has 2 bridgehead atoms. The second-order valence-corrected chi connectivity index (χ2v) is 6.14. The predicted molar refractivity (Wildman–Crippen MR) is 84.9 cm³/mol. The Kier molecular flexibility index (Phi) is 4.12. The third kappa shape index (κ3) is 3.19. The normalized spacial score (nSPS) is 27.4. The number of rotatable bonds is 4. The lowest BCUT2D eigenvalue weighted by Crippen LogP contribution is -2.63. The lowest BCUT2D eigenvalue weighted by molar-refractivity contribution is 0.0138. The zero-order valence-corrected chi connectivity index (χ0v) is 12.9. The van der Waals surface area contributed by atoms with Crippen LogP contribution >= 0.6 is 0 Å². The van der Waals surface area contributed by atoms with Gasteiger partial charge in [-0.3, -0.25) is 14.6 Å². The third-order valence-electron chi connectivity index (χ3n) is 4.54. The van der Waals surface area contributed by atoms with Crippen LogP contribution in [0.5, 0.6) is 0 Å². The fraction of sp³-hybridized carbons (Fsp3) is 0.562. The first-order valence-corrected chi connectivity index (χ1v) is 7.65. The second kappa shape index (κ2) is 6.03. The molecule has 3 aliphatic heterocycles. The number of anilines is 1. The molecule has 3 heterocycles. The Balaban J connectivity index is 1.54. The van der Waals surface area contributed by atoms with E-state index >= 15 is 0 Å². The highest BCUT2D eigenvalue weighted by Crippen LogP contribution is 2.15. The molecular formula is C16H24N4O. The first-order chi connectivity index (χ1) is 10.1. The van der Waals surface area contributed by atoms with Crippen molar-refractivity contribution in [3.63, 3.8) is 0 Å². The van der Waals surface area contributed by atoms with Crippen molar-refractivity contribution in [2.24, 2.45) is 0 Å². The van der Waals surface area contributed by atoms with Crippen LogP contribution in [0.4, 0.5) is 5.69 Å². The van der Waals surface area contributed by atoms with Crippen molar-refractivity contribution in [2.45, 2.75) is 6.04 Å². The summed E-state index contributed by atoms with van der Waals surface area (Å²) in [6, 6.07) is 8.21. The number of nitrogens with zero attached hydrogens (tertiary/aromatic N) is 3. The number of carbonyl (C=O) groups is 1. The van der Waals surface area contributed by atoms with Gasteiger partial charge < -0.3 is 10.2 Å². The van der Waals surface area contributed by atoms with Gasteiger partial charge in [-0.25, -0.2) is 0 Å². The lowest BCUT2D eigenvalue weighted by Gasteiger charge is -2.47. The Hall–Kier alpha value is -1.59. The van der Waals surface area contributed by atoms with Gasteiger partial charge in [0.25, 0.3) is 5.91 Å². The highest BCUT2D eigenvalue weighted by Gasteiger charge is 2.31. The summed E-state index contributed by atoms with van der Waals surface area (Å²) in [5, 5.41) is 3.08. The van der Waals surface area contributed by atoms with Gasteiger partial charge in [-0.05, 0) is 24.3 Å². The summed E-state index contributed by atoms with van der Waals surface area (Å²) in [7, 11) is 3.99. The molecule has 4 rings (SSSR count). The van der Waals surface area contributed by atoms with Crippen LogP contribution in [0.25, 0.3) is 0 Å². The van der Waals surface area contributed by atoms with Gasteiger partial charge in [0.1, 0.15) is 0 Å². The standard InChI is InChI=1S/C16H24N4O/c1-18(2)14-5-3-13(4-6-14)16(21)17-11-15-12-19-7-9-20(15)10-8-19/h3-6,15H,7-12H2,1-2H3,(H,17,21). The molecule has 0 spiro atoms. The molecule has 0 radical (unpaired) electrons. The highest BCUT2D eigenvalue weighted by atomic mass is 16.1. The molecule has 1 atom stereocenters. The first kappa shape index (κ1) is 14.4. The Labute approximate surface area is 126 Å². The first-order valence-electron chi connectivity index (χ1n) is 7.65. The minimum Gasteiger partial charge on any atom is -0.378 e. The van der Waals surface area contributed by atoms with Gasteiger partial charge in [-0.2, -0.15) is 0 Å². The molecule has 3 fully saturated rings. The van der Waals surface area contributed by atoms with Crippen LogP contribution in [0.3, 0.4) is 0 Å². The molecule has 5 heteroatoms. The second-order valence-electron chi connectivity index (χ2n) is 6.14. The maximum absolute atomic E-state index is 12.2. The van der Waals surface area contributed by atoms with E-state index < -0.39 is 0 Å². The molecule has 5 nitrogen and oxygen atoms in total. The van der Waals surface area contributed by atoms with Gasteiger partial charge in [-0.15, -0.1) is 0 Å². The van der Waals surface area contributed by atoms with E-state index in [1.807, 2.05) is 43.3 Å². The molecule has 0 aromatic heterocycles. The average molecular weight is 288 g/mol. The molecule has 1 amide bonds. The molecule has 1 N–H and O–H groups in total. The Bertz CT molecular complexity index is 492. The van der Waals surface area contributed by atoms with Crippen LogP contribution in [0, 0.1) is 0 Å². The number of carbonyl (C=O) groups excluding carboxylic acids is 1. The SMILES string of the molecule is CN(C)c1ccc(C(=O)NCC2CN3CCN2CC3)cc1. The van der Waals surface area contributed by atoms with Gasteiger partial charge in [0.2, 0.25) is 0 Å². The average Bonchev–Trinajstić information content (AvgIpc) is 2.54. The van der Waals surface area contributed by atoms with Crippen molar-refractivity contribution >= 4 is 11.6 Å². The molecule has 1 aromatic rings. The molecule has 1 unspecified atom stereocenters. The Morgan fingerprint density at radius 3 is 2.38 bits per heavy atom. The summed E-state index contributed by atoms with van der Waals surface area (Å²) in [5.41, 5.74) is 1.84. The van der Waals surface area contributed by atoms with Crippen LogP contribution in [0.15, 0.2) is 24.3 Å². The maximum atomic E-state index is 12.2. The number of hydrogen-bond donors (Lipinski definition) is 1. The number of nitrogens with one attached hydrogen (secondary N) is 1. The van der Waals surface area contributed by atoms with Gasteiger partial charge in [0, 0.05) is 70.7 Å². The lowest BCUT2D eigenvalue weighted by atomic mass is 10.1. The van der Waals surface area contributed by atoms with E-state index in [9.17, 15) is 4.79 Å². The van der Waals surface area contributed by atoms with E-state index in [0.29, 0.717) is 6.04 Å². The number of piperazine rings is 3. The minimum atomic E-state index is 0.0259. The van der Waals surface area contributed by atoms with Crippen LogP contribution in [0.1, 0.15) is 10.4 Å². The monoisotopic (exact) mass is 288 g/mol. The predicted octanol–water partition coefficient (Wildman–Crippen LogP) is 0.482. The topological polar surface area (TPSA) is 38.8 Å². The molecule has 21 heavy (non-hydrogen) atoms. The van der Waals surface area contributed by atoms with Crippen molar-refractivity contribution in [3.05, 3.63) is 29.8 Å².